The molecule has 2 saturated heterocycles. The van der Waals surface area contributed by atoms with Crippen LogP contribution in [-0.2, 0) is 0 Å². The normalized spacial score (nSPS) is 16.1. The maximum absolute atomic E-state index is 10.7. The third-order valence-electron chi connectivity index (χ3n) is 5.97. The van der Waals surface area contributed by atoms with Crippen molar-refractivity contribution in [1.29, 1.82) is 0 Å². The average Bonchev–Trinajstić information content (AvgIpc) is 2.85. The van der Waals surface area contributed by atoms with Gasteiger partial charge in [-0.05, 0) is 56.7 Å². The van der Waals surface area contributed by atoms with E-state index in [2.05, 4.69) is 15.9 Å². The topological polar surface area (TPSA) is 94.1 Å². The number of methoxy groups -OCH3 is 2. The Morgan fingerprint density at radius 1 is 0.781 bits per heavy atom. The Morgan fingerprint density at radius 3 is 1.72 bits per heavy atom. The largest absolute Gasteiger partial charge is 0.495 e. The Labute approximate surface area is 190 Å². The number of nitro groups is 1. The first kappa shape index (κ1) is 23.5. The summed E-state index contributed by atoms with van der Waals surface area (Å²) in [5.74, 6) is 1.47. The van der Waals surface area contributed by atoms with E-state index in [1.165, 1.54) is 56.3 Å². The van der Waals surface area contributed by atoms with E-state index in [9.17, 15) is 10.1 Å². The second kappa shape index (κ2) is 11.5. The molecule has 0 aliphatic carbocycles. The molecule has 0 unspecified atom stereocenters. The van der Waals surface area contributed by atoms with Crippen LogP contribution in [0.4, 0.5) is 22.7 Å². The van der Waals surface area contributed by atoms with Crippen LogP contribution < -0.4 is 25.0 Å². The average molecular weight is 443 g/mol. The monoisotopic (exact) mass is 442 g/mol. The molecule has 8 nitrogen and oxygen atoms in total. The fourth-order valence-corrected chi connectivity index (χ4v) is 4.27. The minimum Gasteiger partial charge on any atom is -0.495 e. The number of benzene rings is 2. The van der Waals surface area contributed by atoms with Crippen molar-refractivity contribution in [2.45, 2.75) is 38.5 Å². The van der Waals surface area contributed by atoms with Gasteiger partial charge in [0.2, 0.25) is 0 Å². The van der Waals surface area contributed by atoms with Crippen LogP contribution in [0.3, 0.4) is 0 Å². The highest BCUT2D eigenvalue weighted by atomic mass is 16.6. The summed E-state index contributed by atoms with van der Waals surface area (Å²) in [5, 5.41) is 10.7. The van der Waals surface area contributed by atoms with Gasteiger partial charge in [0.05, 0.1) is 36.6 Å². The fourth-order valence-electron chi connectivity index (χ4n) is 4.27. The molecule has 0 saturated carbocycles. The number of hydrogen-bond acceptors (Lipinski definition) is 7. The second-order valence-electron chi connectivity index (χ2n) is 8.14. The van der Waals surface area contributed by atoms with E-state index in [-0.39, 0.29) is 5.69 Å². The highest BCUT2D eigenvalue weighted by Crippen LogP contribution is 2.34. The first-order chi connectivity index (χ1) is 15.5. The lowest BCUT2D eigenvalue weighted by molar-refractivity contribution is -0.384. The molecule has 2 aliphatic heterocycles. The smallest absolute Gasteiger partial charge is 0.273 e. The number of non-ortho nitro benzene ring substituents is 1. The van der Waals surface area contributed by atoms with Crippen LogP contribution in [0.2, 0.25) is 0 Å². The quantitative estimate of drug-likeness (QED) is 0.401. The minimum absolute atomic E-state index is 0.0719. The maximum atomic E-state index is 10.7. The molecule has 174 valence electrons. The van der Waals surface area contributed by atoms with Crippen LogP contribution >= 0.6 is 0 Å². The first-order valence-electron chi connectivity index (χ1n) is 11.3. The van der Waals surface area contributed by atoms with Crippen molar-refractivity contribution in [1.82, 2.24) is 0 Å². The van der Waals surface area contributed by atoms with E-state index in [4.69, 9.17) is 15.2 Å². The van der Waals surface area contributed by atoms with Crippen molar-refractivity contribution in [3.05, 3.63) is 46.5 Å². The molecule has 2 fully saturated rings. The third kappa shape index (κ3) is 5.96. The van der Waals surface area contributed by atoms with Gasteiger partial charge in [-0.2, -0.15) is 0 Å². The van der Waals surface area contributed by atoms with Crippen LogP contribution in [0.25, 0.3) is 0 Å². The molecule has 32 heavy (non-hydrogen) atoms. The number of piperidine rings is 2. The van der Waals surface area contributed by atoms with Gasteiger partial charge in [0, 0.05) is 44.0 Å². The van der Waals surface area contributed by atoms with Gasteiger partial charge in [-0.3, -0.25) is 10.1 Å². The van der Waals surface area contributed by atoms with Gasteiger partial charge in [0.1, 0.15) is 11.5 Å². The number of hydrogen-bond donors (Lipinski definition) is 1. The van der Waals surface area contributed by atoms with E-state index in [1.807, 2.05) is 12.1 Å². The number of nitrogens with two attached hydrogens (primary N) is 1. The van der Waals surface area contributed by atoms with Gasteiger partial charge in [0.25, 0.3) is 5.69 Å². The Bertz CT molecular complexity index is 894. The van der Waals surface area contributed by atoms with Crippen LogP contribution in [0, 0.1) is 10.1 Å². The van der Waals surface area contributed by atoms with Gasteiger partial charge in [-0.15, -0.1) is 0 Å². The number of nitrogens with zero attached hydrogens (tertiary/aromatic N) is 3. The maximum Gasteiger partial charge on any atom is 0.273 e. The lowest BCUT2D eigenvalue weighted by Crippen LogP contribution is -2.29. The Balaban J connectivity index is 0.000000182. The molecule has 0 bridgehead atoms. The molecule has 0 amide bonds. The zero-order chi connectivity index (χ0) is 22.9. The van der Waals surface area contributed by atoms with Crippen molar-refractivity contribution >= 4 is 22.7 Å². The summed E-state index contributed by atoms with van der Waals surface area (Å²) < 4.78 is 10.6. The lowest BCUT2D eigenvalue weighted by atomic mass is 10.1. The Kier molecular flexibility index (Phi) is 8.41. The number of nitro benzene ring substituents is 1. The molecule has 8 heteroatoms. The molecular weight excluding hydrogens is 408 g/mol. The first-order valence-corrected chi connectivity index (χ1v) is 11.3. The molecule has 0 atom stereocenters. The predicted octanol–water partition coefficient (Wildman–Crippen LogP) is 4.86. The van der Waals surface area contributed by atoms with Crippen molar-refractivity contribution in [2.24, 2.45) is 0 Å². The molecule has 0 aromatic heterocycles. The number of rotatable bonds is 5. The zero-order valence-corrected chi connectivity index (χ0v) is 19.1. The Morgan fingerprint density at radius 2 is 1.25 bits per heavy atom. The second-order valence-corrected chi connectivity index (χ2v) is 8.14. The summed E-state index contributed by atoms with van der Waals surface area (Å²) in [6, 6.07) is 10.7. The molecule has 2 heterocycles. The van der Waals surface area contributed by atoms with Gasteiger partial charge >= 0.3 is 0 Å². The summed E-state index contributed by atoms with van der Waals surface area (Å²) in [7, 11) is 3.24. The molecule has 2 aliphatic rings. The van der Waals surface area contributed by atoms with E-state index in [0.717, 1.165) is 43.3 Å². The molecule has 2 aromatic carbocycles. The highest BCUT2D eigenvalue weighted by molar-refractivity contribution is 5.64. The van der Waals surface area contributed by atoms with E-state index < -0.39 is 4.92 Å². The molecule has 0 spiro atoms. The van der Waals surface area contributed by atoms with E-state index in [0.29, 0.717) is 5.75 Å². The van der Waals surface area contributed by atoms with Crippen LogP contribution in [-0.4, -0.2) is 45.3 Å². The lowest BCUT2D eigenvalue weighted by Gasteiger charge is -2.30. The van der Waals surface area contributed by atoms with Crippen molar-refractivity contribution < 1.29 is 14.4 Å². The molecule has 0 radical (unpaired) electrons. The van der Waals surface area contributed by atoms with Crippen LogP contribution in [0.1, 0.15) is 38.5 Å². The number of nitrogen functional groups attached to an aromatic ring is 1. The highest BCUT2D eigenvalue weighted by Gasteiger charge is 2.18. The predicted molar refractivity (Wildman–Crippen MR) is 129 cm³/mol. The molecular formula is C24H34N4O4. The number of ether oxygens (including phenoxy) is 2. The van der Waals surface area contributed by atoms with Crippen molar-refractivity contribution in [3.63, 3.8) is 0 Å². The standard InChI is InChI=1S/C12H16N2O3.C12H18N2O/c1-17-12-9-10(14(15)16)5-6-11(12)13-7-3-2-4-8-13;1-15-12-9-10(13)5-6-11(12)14-7-3-2-4-8-14/h5-6,9H,2-4,7-8H2,1H3;5-6,9H,2-4,7-8,13H2,1H3. The minimum atomic E-state index is -0.400. The summed E-state index contributed by atoms with van der Waals surface area (Å²) in [6.45, 7) is 4.24. The van der Waals surface area contributed by atoms with Crippen molar-refractivity contribution in [3.8, 4) is 11.5 Å². The van der Waals surface area contributed by atoms with Gasteiger partial charge in [0.15, 0.2) is 0 Å². The summed E-state index contributed by atoms with van der Waals surface area (Å²) in [4.78, 5) is 14.9. The third-order valence-corrected chi connectivity index (χ3v) is 5.97. The van der Waals surface area contributed by atoms with Gasteiger partial charge in [-0.1, -0.05) is 0 Å². The Hall–Kier alpha value is -3.16. The zero-order valence-electron chi connectivity index (χ0n) is 19.1. The molecule has 4 rings (SSSR count). The summed E-state index contributed by atoms with van der Waals surface area (Å²) in [5.41, 5.74) is 8.69. The van der Waals surface area contributed by atoms with Gasteiger partial charge < -0.3 is 25.0 Å². The van der Waals surface area contributed by atoms with Crippen molar-refractivity contribution in [2.75, 3.05) is 55.9 Å². The van der Waals surface area contributed by atoms with Gasteiger partial charge in [-0.25, -0.2) is 0 Å². The number of anilines is 3. The summed E-state index contributed by atoms with van der Waals surface area (Å²) in [6.07, 6.45) is 7.47. The SMILES string of the molecule is COc1cc(N)ccc1N1CCCCC1.COc1cc([N+](=O)[O-])ccc1N1CCCCC1. The van der Waals surface area contributed by atoms with Crippen LogP contribution in [0.15, 0.2) is 36.4 Å². The fraction of sp³-hybridized carbons (Fsp3) is 0.500. The molecule has 2 N–H and O–H groups in total. The molecule has 2 aromatic rings. The van der Waals surface area contributed by atoms with E-state index >= 15 is 0 Å². The van der Waals surface area contributed by atoms with Crippen LogP contribution in [0.5, 0.6) is 11.5 Å². The summed E-state index contributed by atoms with van der Waals surface area (Å²) >= 11 is 0. The van der Waals surface area contributed by atoms with E-state index in [1.54, 1.807) is 20.3 Å².